The van der Waals surface area contributed by atoms with Crippen LogP contribution in [0.4, 0.5) is 0 Å². The Kier molecular flexibility index (Phi) is 7.25. The third-order valence-corrected chi connectivity index (χ3v) is 3.79. The van der Waals surface area contributed by atoms with Gasteiger partial charge < -0.3 is 10.2 Å². The summed E-state index contributed by atoms with van der Waals surface area (Å²) in [5, 5.41) is 3.44. The summed E-state index contributed by atoms with van der Waals surface area (Å²) in [5.41, 5.74) is 0. The average Bonchev–Trinajstić information content (AvgIpc) is 2.37. The first-order valence-electron chi connectivity index (χ1n) is 7.26. The standard InChI is InChI=1S/C14H28N2O/c1-3-16(4-2)14(17)10-11-15-12-13-8-6-5-7-9-13/h13,15H,3-12H2,1-2H3. The molecule has 0 spiro atoms. The molecule has 0 aliphatic heterocycles. The molecule has 0 atom stereocenters. The van der Waals surface area contributed by atoms with E-state index in [1.807, 2.05) is 18.7 Å². The van der Waals surface area contributed by atoms with E-state index < -0.39 is 0 Å². The highest BCUT2D eigenvalue weighted by molar-refractivity contribution is 5.76. The van der Waals surface area contributed by atoms with Gasteiger partial charge in [-0.25, -0.2) is 0 Å². The normalized spacial score (nSPS) is 17.1. The van der Waals surface area contributed by atoms with Crippen molar-refractivity contribution in [1.29, 1.82) is 0 Å². The molecule has 3 nitrogen and oxygen atoms in total. The van der Waals surface area contributed by atoms with Crippen LogP contribution in [-0.4, -0.2) is 37.0 Å². The van der Waals surface area contributed by atoms with Crippen LogP contribution in [0.1, 0.15) is 52.4 Å². The lowest BCUT2D eigenvalue weighted by molar-refractivity contribution is -0.130. The number of rotatable bonds is 7. The molecule has 1 fully saturated rings. The van der Waals surface area contributed by atoms with Crippen LogP contribution < -0.4 is 5.32 Å². The van der Waals surface area contributed by atoms with Crippen LogP contribution in [0.5, 0.6) is 0 Å². The Morgan fingerprint density at radius 1 is 1.18 bits per heavy atom. The van der Waals surface area contributed by atoms with Gasteiger partial charge in [0.2, 0.25) is 5.91 Å². The Bertz CT molecular complexity index is 208. The molecular weight excluding hydrogens is 212 g/mol. The third kappa shape index (κ3) is 5.53. The van der Waals surface area contributed by atoms with Gasteiger partial charge in [-0.05, 0) is 39.2 Å². The van der Waals surface area contributed by atoms with Crippen molar-refractivity contribution >= 4 is 5.91 Å². The zero-order chi connectivity index (χ0) is 12.5. The largest absolute Gasteiger partial charge is 0.343 e. The number of nitrogens with one attached hydrogen (secondary N) is 1. The summed E-state index contributed by atoms with van der Waals surface area (Å²) in [7, 11) is 0. The highest BCUT2D eigenvalue weighted by Crippen LogP contribution is 2.22. The molecule has 0 unspecified atom stereocenters. The van der Waals surface area contributed by atoms with E-state index >= 15 is 0 Å². The number of carbonyl (C=O) groups is 1. The molecule has 0 aromatic carbocycles. The van der Waals surface area contributed by atoms with Crippen LogP contribution in [0.25, 0.3) is 0 Å². The van der Waals surface area contributed by atoms with Crippen LogP contribution in [0.2, 0.25) is 0 Å². The number of nitrogens with zero attached hydrogens (tertiary/aromatic N) is 1. The minimum Gasteiger partial charge on any atom is -0.343 e. The first-order chi connectivity index (χ1) is 8.27. The van der Waals surface area contributed by atoms with Gasteiger partial charge in [0.15, 0.2) is 0 Å². The zero-order valence-corrected chi connectivity index (χ0v) is 11.5. The van der Waals surface area contributed by atoms with E-state index in [0.717, 1.165) is 32.1 Å². The quantitative estimate of drug-likeness (QED) is 0.693. The third-order valence-electron chi connectivity index (χ3n) is 3.79. The van der Waals surface area contributed by atoms with Gasteiger partial charge in [0.1, 0.15) is 0 Å². The van der Waals surface area contributed by atoms with E-state index in [9.17, 15) is 4.79 Å². The second-order valence-corrected chi connectivity index (χ2v) is 5.02. The average molecular weight is 240 g/mol. The molecule has 1 N–H and O–H groups in total. The molecular formula is C14H28N2O. The van der Waals surface area contributed by atoms with E-state index in [1.54, 1.807) is 0 Å². The van der Waals surface area contributed by atoms with Crippen LogP contribution in [-0.2, 0) is 4.79 Å². The fourth-order valence-corrected chi connectivity index (χ4v) is 2.63. The second kappa shape index (κ2) is 8.51. The smallest absolute Gasteiger partial charge is 0.223 e. The van der Waals surface area contributed by atoms with E-state index in [-0.39, 0.29) is 5.91 Å². The summed E-state index contributed by atoms with van der Waals surface area (Å²) in [6.07, 6.45) is 7.59. The van der Waals surface area contributed by atoms with Crippen molar-refractivity contribution in [1.82, 2.24) is 10.2 Å². The van der Waals surface area contributed by atoms with Gasteiger partial charge in [0.25, 0.3) is 0 Å². The zero-order valence-electron chi connectivity index (χ0n) is 11.5. The number of carbonyl (C=O) groups excluding carboxylic acids is 1. The van der Waals surface area contributed by atoms with Crippen LogP contribution >= 0.6 is 0 Å². The van der Waals surface area contributed by atoms with E-state index in [1.165, 1.54) is 32.1 Å². The van der Waals surface area contributed by atoms with Crippen LogP contribution in [0.3, 0.4) is 0 Å². The summed E-state index contributed by atoms with van der Waals surface area (Å²) in [6.45, 7) is 7.68. The summed E-state index contributed by atoms with van der Waals surface area (Å²) < 4.78 is 0. The molecule has 100 valence electrons. The SMILES string of the molecule is CCN(CC)C(=O)CCNCC1CCCCC1. The van der Waals surface area contributed by atoms with E-state index in [2.05, 4.69) is 5.32 Å². The molecule has 0 radical (unpaired) electrons. The van der Waals surface area contributed by atoms with Crippen molar-refractivity contribution in [3.05, 3.63) is 0 Å². The molecule has 1 saturated carbocycles. The Morgan fingerprint density at radius 3 is 2.41 bits per heavy atom. The topological polar surface area (TPSA) is 32.3 Å². The minimum absolute atomic E-state index is 0.283. The predicted molar refractivity (Wildman–Crippen MR) is 72.0 cm³/mol. The summed E-state index contributed by atoms with van der Waals surface area (Å²) in [5.74, 6) is 1.14. The van der Waals surface area contributed by atoms with Crippen molar-refractivity contribution in [2.24, 2.45) is 5.92 Å². The fourth-order valence-electron chi connectivity index (χ4n) is 2.63. The lowest BCUT2D eigenvalue weighted by Gasteiger charge is -2.22. The Labute approximate surface area is 106 Å². The molecule has 0 heterocycles. The second-order valence-electron chi connectivity index (χ2n) is 5.02. The van der Waals surface area contributed by atoms with E-state index in [0.29, 0.717) is 6.42 Å². The molecule has 3 heteroatoms. The number of hydrogen-bond donors (Lipinski definition) is 1. The maximum absolute atomic E-state index is 11.7. The predicted octanol–water partition coefficient (Wildman–Crippen LogP) is 2.41. The molecule has 0 bridgehead atoms. The highest BCUT2D eigenvalue weighted by Gasteiger charge is 2.13. The van der Waals surface area contributed by atoms with Crippen molar-refractivity contribution in [2.75, 3.05) is 26.2 Å². The first kappa shape index (κ1) is 14.5. The molecule has 0 aromatic heterocycles. The van der Waals surface area contributed by atoms with Crippen molar-refractivity contribution in [3.63, 3.8) is 0 Å². The summed E-state index contributed by atoms with van der Waals surface area (Å²) in [6, 6.07) is 0. The van der Waals surface area contributed by atoms with E-state index in [4.69, 9.17) is 0 Å². The highest BCUT2D eigenvalue weighted by atomic mass is 16.2. The fraction of sp³-hybridized carbons (Fsp3) is 0.929. The summed E-state index contributed by atoms with van der Waals surface area (Å²) >= 11 is 0. The van der Waals surface area contributed by atoms with Gasteiger partial charge >= 0.3 is 0 Å². The molecule has 1 aliphatic carbocycles. The molecule has 17 heavy (non-hydrogen) atoms. The van der Waals surface area contributed by atoms with Gasteiger partial charge in [-0.3, -0.25) is 4.79 Å². The van der Waals surface area contributed by atoms with Crippen molar-refractivity contribution in [3.8, 4) is 0 Å². The van der Waals surface area contributed by atoms with Crippen molar-refractivity contribution < 1.29 is 4.79 Å². The molecule has 0 saturated heterocycles. The maximum atomic E-state index is 11.7. The Balaban J connectivity index is 2.04. The van der Waals surface area contributed by atoms with Gasteiger partial charge in [0, 0.05) is 26.1 Å². The Hall–Kier alpha value is -0.570. The van der Waals surface area contributed by atoms with Gasteiger partial charge in [-0.1, -0.05) is 19.3 Å². The molecule has 1 aliphatic rings. The molecule has 0 aromatic rings. The lowest BCUT2D eigenvalue weighted by atomic mass is 9.89. The maximum Gasteiger partial charge on any atom is 0.223 e. The number of hydrogen-bond acceptors (Lipinski definition) is 2. The van der Waals surface area contributed by atoms with Crippen LogP contribution in [0, 0.1) is 5.92 Å². The molecule has 1 amide bonds. The first-order valence-corrected chi connectivity index (χ1v) is 7.26. The lowest BCUT2D eigenvalue weighted by Crippen LogP contribution is -2.34. The minimum atomic E-state index is 0.283. The van der Waals surface area contributed by atoms with Gasteiger partial charge in [0.05, 0.1) is 0 Å². The number of amides is 1. The van der Waals surface area contributed by atoms with Gasteiger partial charge in [-0.2, -0.15) is 0 Å². The molecule has 1 rings (SSSR count). The monoisotopic (exact) mass is 240 g/mol. The van der Waals surface area contributed by atoms with Crippen molar-refractivity contribution in [2.45, 2.75) is 52.4 Å². The van der Waals surface area contributed by atoms with Crippen LogP contribution in [0.15, 0.2) is 0 Å². The Morgan fingerprint density at radius 2 is 1.82 bits per heavy atom. The summed E-state index contributed by atoms with van der Waals surface area (Å²) in [4.78, 5) is 13.6. The van der Waals surface area contributed by atoms with Gasteiger partial charge in [-0.15, -0.1) is 0 Å².